The fourth-order valence-corrected chi connectivity index (χ4v) is 2.12. The number of hydrogen-bond donors (Lipinski definition) is 1. The molecule has 128 valence electrons. The minimum Gasteiger partial charge on any atom is -0.452 e. The van der Waals surface area contributed by atoms with E-state index in [4.69, 9.17) is 4.74 Å². The highest BCUT2D eigenvalue weighted by atomic mass is 16.5. The molecule has 0 bridgehead atoms. The Labute approximate surface area is 146 Å². The average Bonchev–Trinajstić information content (AvgIpc) is 2.65. The molecule has 25 heavy (non-hydrogen) atoms. The van der Waals surface area contributed by atoms with Crippen LogP contribution in [0.25, 0.3) is 0 Å². The molecule has 5 heteroatoms. The number of para-hydroxylation sites is 1. The van der Waals surface area contributed by atoms with Gasteiger partial charge in [0.15, 0.2) is 12.4 Å². The molecule has 0 saturated carbocycles. The number of benzene rings is 2. The third kappa shape index (κ3) is 5.42. The van der Waals surface area contributed by atoms with Crippen molar-refractivity contribution in [1.29, 1.82) is 0 Å². The van der Waals surface area contributed by atoms with Crippen LogP contribution in [-0.2, 0) is 14.3 Å². The first-order valence-corrected chi connectivity index (χ1v) is 7.93. The average molecular weight is 337 g/mol. The Bertz CT molecular complexity index is 781. The third-order valence-corrected chi connectivity index (χ3v) is 3.32. The van der Waals surface area contributed by atoms with E-state index in [1.807, 2.05) is 13.0 Å². The Morgan fingerprint density at radius 3 is 2.40 bits per heavy atom. The van der Waals surface area contributed by atoms with E-state index in [0.29, 0.717) is 23.2 Å². The minimum atomic E-state index is -0.578. The lowest BCUT2D eigenvalue weighted by molar-refractivity contribution is -0.142. The first-order chi connectivity index (χ1) is 12.1. The van der Waals surface area contributed by atoms with Gasteiger partial charge in [-0.3, -0.25) is 9.59 Å². The number of amides is 1. The molecule has 2 rings (SSSR count). The molecule has 0 unspecified atom stereocenters. The molecular formula is C20H19NO4. The van der Waals surface area contributed by atoms with Crippen molar-refractivity contribution in [1.82, 2.24) is 0 Å². The lowest BCUT2D eigenvalue weighted by Gasteiger charge is -2.10. The molecule has 0 heterocycles. The molecule has 0 atom stereocenters. The van der Waals surface area contributed by atoms with E-state index in [2.05, 4.69) is 5.32 Å². The first-order valence-electron chi connectivity index (χ1n) is 7.93. The van der Waals surface area contributed by atoms with Crippen LogP contribution in [0.15, 0.2) is 66.7 Å². The Morgan fingerprint density at radius 1 is 1.00 bits per heavy atom. The van der Waals surface area contributed by atoms with Gasteiger partial charge in [-0.25, -0.2) is 4.79 Å². The molecule has 1 N–H and O–H groups in total. The predicted octanol–water partition coefficient (Wildman–Crippen LogP) is 3.37. The summed E-state index contributed by atoms with van der Waals surface area (Å²) in [5.74, 6) is -1.28. The number of esters is 1. The molecule has 0 aliphatic heterocycles. The van der Waals surface area contributed by atoms with Crippen molar-refractivity contribution in [3.8, 4) is 0 Å². The third-order valence-electron chi connectivity index (χ3n) is 3.32. The van der Waals surface area contributed by atoms with Gasteiger partial charge in [-0.15, -0.1) is 0 Å². The van der Waals surface area contributed by atoms with E-state index in [9.17, 15) is 14.4 Å². The van der Waals surface area contributed by atoms with Crippen molar-refractivity contribution in [3.05, 3.63) is 77.9 Å². The van der Waals surface area contributed by atoms with Crippen molar-refractivity contribution in [2.75, 3.05) is 11.9 Å². The summed E-state index contributed by atoms with van der Waals surface area (Å²) in [6, 6.07) is 15.5. The molecule has 0 saturated heterocycles. The maximum atomic E-state index is 12.6. The van der Waals surface area contributed by atoms with E-state index < -0.39 is 18.5 Å². The van der Waals surface area contributed by atoms with E-state index in [1.54, 1.807) is 54.6 Å². The van der Waals surface area contributed by atoms with Crippen molar-refractivity contribution in [3.63, 3.8) is 0 Å². The van der Waals surface area contributed by atoms with Crippen molar-refractivity contribution in [2.24, 2.45) is 0 Å². The van der Waals surface area contributed by atoms with Gasteiger partial charge in [0, 0.05) is 17.2 Å². The second-order valence-corrected chi connectivity index (χ2v) is 5.21. The summed E-state index contributed by atoms with van der Waals surface area (Å²) in [5.41, 5.74) is 1.28. The molecule has 0 spiro atoms. The number of allylic oxidation sites excluding steroid dienone is 1. The highest BCUT2D eigenvalue weighted by Crippen LogP contribution is 2.19. The fraction of sp³-hybridized carbons (Fsp3) is 0.150. The number of rotatable bonds is 7. The molecule has 0 radical (unpaired) electrons. The number of ketones is 1. The zero-order valence-electron chi connectivity index (χ0n) is 13.9. The number of ether oxygens (including phenoxy) is 1. The van der Waals surface area contributed by atoms with E-state index in [0.717, 1.165) is 0 Å². The maximum Gasteiger partial charge on any atom is 0.330 e. The molecule has 1 amide bonds. The summed E-state index contributed by atoms with van der Waals surface area (Å²) in [6.45, 7) is 1.47. The molecule has 0 aliphatic rings. The van der Waals surface area contributed by atoms with Gasteiger partial charge in [-0.2, -0.15) is 0 Å². The Hall–Kier alpha value is -3.21. The fourth-order valence-electron chi connectivity index (χ4n) is 2.12. The van der Waals surface area contributed by atoms with Gasteiger partial charge >= 0.3 is 5.97 Å². The SMILES string of the molecule is CC/C=C/C(=O)OCC(=O)Nc1ccccc1C(=O)c1ccccc1. The van der Waals surface area contributed by atoms with Crippen molar-refractivity contribution in [2.45, 2.75) is 13.3 Å². The normalized spacial score (nSPS) is 10.4. The number of nitrogens with one attached hydrogen (secondary N) is 1. The molecule has 5 nitrogen and oxygen atoms in total. The predicted molar refractivity (Wildman–Crippen MR) is 95.3 cm³/mol. The highest BCUT2D eigenvalue weighted by molar-refractivity contribution is 6.13. The summed E-state index contributed by atoms with van der Waals surface area (Å²) < 4.78 is 4.84. The molecular weight excluding hydrogens is 318 g/mol. The van der Waals surface area contributed by atoms with Crippen molar-refractivity contribution < 1.29 is 19.1 Å². The van der Waals surface area contributed by atoms with Crippen LogP contribution >= 0.6 is 0 Å². The standard InChI is InChI=1S/C20H19NO4/c1-2-3-13-19(23)25-14-18(22)21-17-12-8-7-11-16(17)20(24)15-9-5-4-6-10-15/h3-13H,2,14H2,1H3,(H,21,22)/b13-3+. The quantitative estimate of drug-likeness (QED) is 0.478. The molecule has 2 aromatic carbocycles. The zero-order chi connectivity index (χ0) is 18.1. The van der Waals surface area contributed by atoms with Crippen LogP contribution in [0, 0.1) is 0 Å². The Kier molecular flexibility index (Phi) is 6.65. The van der Waals surface area contributed by atoms with E-state index >= 15 is 0 Å². The van der Waals surface area contributed by atoms with Gasteiger partial charge in [0.25, 0.3) is 5.91 Å². The van der Waals surface area contributed by atoms with E-state index in [-0.39, 0.29) is 5.78 Å². The van der Waals surface area contributed by atoms with Gasteiger partial charge in [-0.1, -0.05) is 55.5 Å². The Balaban J connectivity index is 2.05. The summed E-state index contributed by atoms with van der Waals surface area (Å²) in [6.07, 6.45) is 3.63. The lowest BCUT2D eigenvalue weighted by atomic mass is 10.0. The van der Waals surface area contributed by atoms with Crippen LogP contribution in [0.1, 0.15) is 29.3 Å². The first kappa shape index (κ1) is 18.1. The molecule has 0 fully saturated rings. The van der Waals surface area contributed by atoms with Gasteiger partial charge in [-0.05, 0) is 18.6 Å². The lowest BCUT2D eigenvalue weighted by Crippen LogP contribution is -2.21. The van der Waals surface area contributed by atoms with Crippen LogP contribution in [0.2, 0.25) is 0 Å². The Morgan fingerprint density at radius 2 is 1.68 bits per heavy atom. The van der Waals surface area contributed by atoms with Crippen LogP contribution in [0.5, 0.6) is 0 Å². The van der Waals surface area contributed by atoms with Gasteiger partial charge in [0.05, 0.1) is 5.69 Å². The monoisotopic (exact) mass is 337 g/mol. The summed E-state index contributed by atoms with van der Waals surface area (Å²) in [5, 5.41) is 2.61. The summed E-state index contributed by atoms with van der Waals surface area (Å²) in [7, 11) is 0. The molecule has 0 aromatic heterocycles. The number of carbonyl (C=O) groups is 3. The number of hydrogen-bond acceptors (Lipinski definition) is 4. The topological polar surface area (TPSA) is 72.5 Å². The number of carbonyl (C=O) groups excluding carboxylic acids is 3. The maximum absolute atomic E-state index is 12.6. The largest absolute Gasteiger partial charge is 0.452 e. The zero-order valence-corrected chi connectivity index (χ0v) is 13.9. The molecule has 2 aromatic rings. The highest BCUT2D eigenvalue weighted by Gasteiger charge is 2.15. The van der Waals surface area contributed by atoms with Crippen LogP contribution in [-0.4, -0.2) is 24.3 Å². The smallest absolute Gasteiger partial charge is 0.330 e. The summed E-state index contributed by atoms with van der Waals surface area (Å²) >= 11 is 0. The van der Waals surface area contributed by atoms with E-state index in [1.165, 1.54) is 6.08 Å². The van der Waals surface area contributed by atoms with Gasteiger partial charge < -0.3 is 10.1 Å². The second kappa shape index (κ2) is 9.17. The number of anilines is 1. The van der Waals surface area contributed by atoms with Crippen LogP contribution in [0.3, 0.4) is 0 Å². The second-order valence-electron chi connectivity index (χ2n) is 5.21. The van der Waals surface area contributed by atoms with Crippen molar-refractivity contribution >= 4 is 23.3 Å². The van der Waals surface area contributed by atoms with Gasteiger partial charge in [0.1, 0.15) is 0 Å². The minimum absolute atomic E-state index is 0.195. The van der Waals surface area contributed by atoms with Crippen LogP contribution < -0.4 is 5.32 Å². The summed E-state index contributed by atoms with van der Waals surface area (Å²) in [4.78, 5) is 35.9. The van der Waals surface area contributed by atoms with Crippen LogP contribution in [0.4, 0.5) is 5.69 Å². The van der Waals surface area contributed by atoms with Gasteiger partial charge in [0.2, 0.25) is 0 Å². The molecule has 0 aliphatic carbocycles.